The molecule has 0 unspecified atom stereocenters. The summed E-state index contributed by atoms with van der Waals surface area (Å²) in [4.78, 5) is 8.68. The minimum absolute atomic E-state index is 0.199. The standard InChI is InChI=1S/C19H19N3O3/c1-23-14-6-4-12(5-7-14)17-11-18(22-19(20)21-17)13-8-15(24-2)10-16(9-13)25-3/h4-11H,1-3H3,(H2,20,21,22). The van der Waals surface area contributed by atoms with E-state index >= 15 is 0 Å². The van der Waals surface area contributed by atoms with Gasteiger partial charge in [-0.3, -0.25) is 0 Å². The first-order valence-corrected chi connectivity index (χ1v) is 7.65. The van der Waals surface area contributed by atoms with E-state index in [9.17, 15) is 0 Å². The zero-order chi connectivity index (χ0) is 17.8. The molecule has 0 aliphatic carbocycles. The second kappa shape index (κ2) is 7.09. The molecule has 0 amide bonds. The van der Waals surface area contributed by atoms with E-state index < -0.39 is 0 Å². The van der Waals surface area contributed by atoms with Crippen molar-refractivity contribution in [2.75, 3.05) is 27.1 Å². The van der Waals surface area contributed by atoms with E-state index in [4.69, 9.17) is 19.9 Å². The number of ether oxygens (including phenoxy) is 3. The van der Waals surface area contributed by atoms with Gasteiger partial charge in [-0.2, -0.15) is 0 Å². The summed E-state index contributed by atoms with van der Waals surface area (Å²) in [5.74, 6) is 2.34. The Morgan fingerprint density at radius 1 is 0.640 bits per heavy atom. The van der Waals surface area contributed by atoms with E-state index in [0.29, 0.717) is 17.2 Å². The van der Waals surface area contributed by atoms with Crippen molar-refractivity contribution in [2.24, 2.45) is 0 Å². The van der Waals surface area contributed by atoms with Crippen LogP contribution >= 0.6 is 0 Å². The molecule has 0 aliphatic rings. The number of hydrogen-bond donors (Lipinski definition) is 1. The Bertz CT molecular complexity index is 857. The summed E-state index contributed by atoms with van der Waals surface area (Å²) in [6.07, 6.45) is 0. The molecule has 0 atom stereocenters. The fourth-order valence-electron chi connectivity index (χ4n) is 2.48. The van der Waals surface area contributed by atoms with Crippen LogP contribution in [-0.2, 0) is 0 Å². The zero-order valence-corrected chi connectivity index (χ0v) is 14.3. The Morgan fingerprint density at radius 2 is 1.16 bits per heavy atom. The highest BCUT2D eigenvalue weighted by Gasteiger charge is 2.10. The van der Waals surface area contributed by atoms with E-state index in [1.807, 2.05) is 42.5 Å². The molecule has 0 saturated carbocycles. The molecule has 1 heterocycles. The molecule has 0 spiro atoms. The molecule has 0 aliphatic heterocycles. The largest absolute Gasteiger partial charge is 0.497 e. The highest BCUT2D eigenvalue weighted by atomic mass is 16.5. The molecule has 25 heavy (non-hydrogen) atoms. The highest BCUT2D eigenvalue weighted by Crippen LogP contribution is 2.31. The number of methoxy groups -OCH3 is 3. The van der Waals surface area contributed by atoms with Crippen molar-refractivity contribution in [3.63, 3.8) is 0 Å². The lowest BCUT2D eigenvalue weighted by molar-refractivity contribution is 0.394. The van der Waals surface area contributed by atoms with Gasteiger partial charge in [-0.25, -0.2) is 9.97 Å². The fraction of sp³-hybridized carbons (Fsp3) is 0.158. The Morgan fingerprint density at radius 3 is 1.68 bits per heavy atom. The van der Waals surface area contributed by atoms with Crippen LogP contribution in [0.2, 0.25) is 0 Å². The number of rotatable bonds is 5. The van der Waals surface area contributed by atoms with Gasteiger partial charge in [0.15, 0.2) is 0 Å². The van der Waals surface area contributed by atoms with Crippen molar-refractivity contribution in [1.29, 1.82) is 0 Å². The van der Waals surface area contributed by atoms with Crippen molar-refractivity contribution in [3.05, 3.63) is 48.5 Å². The van der Waals surface area contributed by atoms with E-state index in [2.05, 4.69) is 9.97 Å². The molecule has 0 bridgehead atoms. The van der Waals surface area contributed by atoms with Crippen molar-refractivity contribution in [2.45, 2.75) is 0 Å². The van der Waals surface area contributed by atoms with Crippen LogP contribution in [0.4, 0.5) is 5.95 Å². The van der Waals surface area contributed by atoms with Gasteiger partial charge in [0.2, 0.25) is 5.95 Å². The first-order chi connectivity index (χ1) is 12.1. The second-order valence-corrected chi connectivity index (χ2v) is 5.33. The van der Waals surface area contributed by atoms with Crippen LogP contribution in [0.3, 0.4) is 0 Å². The fourth-order valence-corrected chi connectivity index (χ4v) is 2.48. The van der Waals surface area contributed by atoms with Gasteiger partial charge in [-0.05, 0) is 42.5 Å². The SMILES string of the molecule is COc1ccc(-c2cc(-c3cc(OC)cc(OC)c3)nc(N)n2)cc1. The molecule has 128 valence electrons. The number of nitrogens with two attached hydrogens (primary N) is 1. The number of aromatic nitrogens is 2. The van der Waals surface area contributed by atoms with Gasteiger partial charge in [0.25, 0.3) is 0 Å². The molecule has 0 saturated heterocycles. The maximum Gasteiger partial charge on any atom is 0.221 e. The Kier molecular flexibility index (Phi) is 4.70. The predicted octanol–water partition coefficient (Wildman–Crippen LogP) is 3.42. The van der Waals surface area contributed by atoms with Gasteiger partial charge in [0.1, 0.15) is 17.2 Å². The molecule has 3 rings (SSSR count). The normalized spacial score (nSPS) is 10.4. The summed E-state index contributed by atoms with van der Waals surface area (Å²) in [5.41, 5.74) is 9.10. The number of nitrogen functional groups attached to an aromatic ring is 1. The molecule has 2 aromatic carbocycles. The first-order valence-electron chi connectivity index (χ1n) is 7.65. The monoisotopic (exact) mass is 337 g/mol. The van der Waals surface area contributed by atoms with E-state index in [0.717, 1.165) is 22.6 Å². The summed E-state index contributed by atoms with van der Waals surface area (Å²) in [5, 5.41) is 0. The van der Waals surface area contributed by atoms with Gasteiger partial charge in [0, 0.05) is 17.2 Å². The van der Waals surface area contributed by atoms with Gasteiger partial charge in [-0.15, -0.1) is 0 Å². The zero-order valence-electron chi connectivity index (χ0n) is 14.3. The van der Waals surface area contributed by atoms with Crippen molar-refractivity contribution < 1.29 is 14.2 Å². The average Bonchev–Trinajstić information content (AvgIpc) is 2.67. The third-order valence-corrected chi connectivity index (χ3v) is 3.78. The summed E-state index contributed by atoms with van der Waals surface area (Å²) in [6, 6.07) is 15.0. The lowest BCUT2D eigenvalue weighted by atomic mass is 10.1. The third-order valence-electron chi connectivity index (χ3n) is 3.78. The van der Waals surface area contributed by atoms with Crippen LogP contribution in [0.5, 0.6) is 17.2 Å². The van der Waals surface area contributed by atoms with Gasteiger partial charge < -0.3 is 19.9 Å². The number of benzene rings is 2. The molecule has 0 radical (unpaired) electrons. The second-order valence-electron chi connectivity index (χ2n) is 5.33. The minimum Gasteiger partial charge on any atom is -0.497 e. The van der Waals surface area contributed by atoms with Gasteiger partial charge >= 0.3 is 0 Å². The highest BCUT2D eigenvalue weighted by molar-refractivity contribution is 5.71. The molecular weight excluding hydrogens is 318 g/mol. The van der Waals surface area contributed by atoms with Crippen LogP contribution in [0.1, 0.15) is 0 Å². The molecule has 6 heteroatoms. The van der Waals surface area contributed by atoms with Crippen LogP contribution in [-0.4, -0.2) is 31.3 Å². The Hall–Kier alpha value is -3.28. The Labute approximate surface area is 146 Å². The molecular formula is C19H19N3O3. The lowest BCUT2D eigenvalue weighted by Crippen LogP contribution is -1.99. The predicted molar refractivity (Wildman–Crippen MR) is 97.0 cm³/mol. The maximum atomic E-state index is 5.92. The van der Waals surface area contributed by atoms with Crippen LogP contribution in [0.15, 0.2) is 48.5 Å². The topological polar surface area (TPSA) is 79.5 Å². The van der Waals surface area contributed by atoms with Crippen LogP contribution < -0.4 is 19.9 Å². The van der Waals surface area contributed by atoms with Gasteiger partial charge in [0.05, 0.1) is 32.7 Å². The van der Waals surface area contributed by atoms with Crippen molar-refractivity contribution in [3.8, 4) is 39.8 Å². The molecule has 3 aromatic rings. The lowest BCUT2D eigenvalue weighted by Gasteiger charge is -2.10. The van der Waals surface area contributed by atoms with E-state index in [-0.39, 0.29) is 5.95 Å². The number of nitrogens with zero attached hydrogens (tertiary/aromatic N) is 2. The van der Waals surface area contributed by atoms with Gasteiger partial charge in [-0.1, -0.05) is 0 Å². The van der Waals surface area contributed by atoms with Crippen LogP contribution in [0.25, 0.3) is 22.5 Å². The van der Waals surface area contributed by atoms with Crippen LogP contribution in [0, 0.1) is 0 Å². The third kappa shape index (κ3) is 3.63. The quantitative estimate of drug-likeness (QED) is 0.768. The van der Waals surface area contributed by atoms with Crippen molar-refractivity contribution >= 4 is 5.95 Å². The summed E-state index contributed by atoms with van der Waals surface area (Å²) in [6.45, 7) is 0. The maximum absolute atomic E-state index is 5.92. The molecule has 0 fully saturated rings. The molecule has 2 N–H and O–H groups in total. The van der Waals surface area contributed by atoms with Crippen molar-refractivity contribution in [1.82, 2.24) is 9.97 Å². The minimum atomic E-state index is 0.199. The molecule has 1 aromatic heterocycles. The van der Waals surface area contributed by atoms with E-state index in [1.54, 1.807) is 27.4 Å². The first kappa shape index (κ1) is 16.6. The smallest absolute Gasteiger partial charge is 0.221 e. The summed E-state index contributed by atoms with van der Waals surface area (Å²) >= 11 is 0. The van der Waals surface area contributed by atoms with E-state index in [1.165, 1.54) is 0 Å². The number of hydrogen-bond acceptors (Lipinski definition) is 6. The summed E-state index contributed by atoms with van der Waals surface area (Å²) < 4.78 is 15.8. The summed E-state index contributed by atoms with van der Waals surface area (Å²) in [7, 11) is 4.84. The molecule has 6 nitrogen and oxygen atoms in total. The number of anilines is 1. The average molecular weight is 337 g/mol. The Balaban J connectivity index is 2.07.